The third-order valence-corrected chi connectivity index (χ3v) is 0.487. The molecule has 3 heteroatoms. The molecule has 0 saturated carbocycles. The second-order valence-electron chi connectivity index (χ2n) is 1.07. The molecule has 0 fully saturated rings. The Labute approximate surface area is 41.0 Å². The van der Waals surface area contributed by atoms with Gasteiger partial charge in [-0.3, -0.25) is 4.79 Å². The molecule has 0 bridgehead atoms. The van der Waals surface area contributed by atoms with Crippen LogP contribution in [0.25, 0.3) is 0 Å². The van der Waals surface area contributed by atoms with Crippen molar-refractivity contribution in [3.8, 4) is 0 Å². The molecule has 0 aromatic rings. The molecule has 1 N–H and O–H groups in total. The van der Waals surface area contributed by atoms with E-state index in [0.29, 0.717) is 6.29 Å². The number of carbonyl (C=O) groups is 2. The molecular formula is C4H6O3. The number of aldehydes is 1. The average molecular weight is 102 g/mol. The molecule has 0 radical (unpaired) electrons. The Morgan fingerprint density at radius 3 is 2.43 bits per heavy atom. The molecule has 0 saturated heterocycles. The monoisotopic (exact) mass is 102 g/mol. The van der Waals surface area contributed by atoms with Gasteiger partial charge in [0.15, 0.2) is 5.78 Å². The van der Waals surface area contributed by atoms with E-state index in [0.717, 1.165) is 0 Å². The van der Waals surface area contributed by atoms with Crippen molar-refractivity contribution < 1.29 is 14.7 Å². The Hall–Kier alpha value is -0.700. The molecule has 0 unspecified atom stereocenters. The molecule has 0 aromatic carbocycles. The number of aliphatic hydroxyl groups is 1. The number of hydrogen-bond donors (Lipinski definition) is 1. The lowest BCUT2D eigenvalue weighted by Gasteiger charge is -1.80. The van der Waals surface area contributed by atoms with Gasteiger partial charge in [0, 0.05) is 0 Å². The Morgan fingerprint density at radius 2 is 2.29 bits per heavy atom. The molecule has 0 amide bonds. The van der Waals surface area contributed by atoms with Crippen molar-refractivity contribution in [2.75, 3.05) is 6.61 Å². The van der Waals surface area contributed by atoms with E-state index in [4.69, 9.17) is 5.11 Å². The SMILES string of the molecule is O=CCC(=O)CO. The number of Topliss-reactive ketones (excluding diaryl/α,β-unsaturated/α-hetero) is 1. The normalized spacial score (nSPS) is 8.14. The van der Waals surface area contributed by atoms with Crippen molar-refractivity contribution in [3.05, 3.63) is 0 Å². The van der Waals surface area contributed by atoms with E-state index in [1.165, 1.54) is 0 Å². The molecule has 0 atom stereocenters. The summed E-state index contributed by atoms with van der Waals surface area (Å²) in [5.41, 5.74) is 0. The van der Waals surface area contributed by atoms with Crippen LogP contribution in [0.2, 0.25) is 0 Å². The molecule has 7 heavy (non-hydrogen) atoms. The molecule has 0 aliphatic carbocycles. The van der Waals surface area contributed by atoms with Crippen molar-refractivity contribution in [1.29, 1.82) is 0 Å². The first-order chi connectivity index (χ1) is 3.31. The molecule has 0 aromatic heterocycles. The van der Waals surface area contributed by atoms with Crippen LogP contribution in [0.1, 0.15) is 6.42 Å². The van der Waals surface area contributed by atoms with Crippen molar-refractivity contribution in [2.45, 2.75) is 6.42 Å². The summed E-state index contributed by atoms with van der Waals surface area (Å²) in [7, 11) is 0. The topological polar surface area (TPSA) is 54.4 Å². The molecule has 0 aliphatic heterocycles. The van der Waals surface area contributed by atoms with Crippen LogP contribution in [0, 0.1) is 0 Å². The van der Waals surface area contributed by atoms with Crippen LogP contribution in [0.4, 0.5) is 0 Å². The summed E-state index contributed by atoms with van der Waals surface area (Å²) < 4.78 is 0. The Balaban J connectivity index is 3.17. The van der Waals surface area contributed by atoms with E-state index in [2.05, 4.69) is 0 Å². The van der Waals surface area contributed by atoms with Gasteiger partial charge in [0.05, 0.1) is 6.42 Å². The van der Waals surface area contributed by atoms with Gasteiger partial charge in [-0.25, -0.2) is 0 Å². The summed E-state index contributed by atoms with van der Waals surface area (Å²) in [4.78, 5) is 19.4. The molecule has 40 valence electrons. The highest BCUT2D eigenvalue weighted by Gasteiger charge is 1.93. The maximum atomic E-state index is 9.93. The predicted molar refractivity (Wildman–Crippen MR) is 22.8 cm³/mol. The van der Waals surface area contributed by atoms with Gasteiger partial charge in [-0.15, -0.1) is 0 Å². The predicted octanol–water partition coefficient (Wildman–Crippen LogP) is -0.863. The van der Waals surface area contributed by atoms with Crippen LogP contribution < -0.4 is 0 Å². The maximum absolute atomic E-state index is 9.93. The third-order valence-electron chi connectivity index (χ3n) is 0.487. The number of rotatable bonds is 3. The minimum Gasteiger partial charge on any atom is -0.389 e. The highest BCUT2D eigenvalue weighted by molar-refractivity contribution is 5.90. The lowest BCUT2D eigenvalue weighted by Crippen LogP contribution is -2.02. The van der Waals surface area contributed by atoms with Gasteiger partial charge >= 0.3 is 0 Å². The molecule has 0 heterocycles. The second kappa shape index (κ2) is 3.49. The highest BCUT2D eigenvalue weighted by atomic mass is 16.3. The van der Waals surface area contributed by atoms with E-state index in [1.54, 1.807) is 0 Å². The zero-order chi connectivity index (χ0) is 5.70. The minimum atomic E-state index is -0.529. The third kappa shape index (κ3) is 3.12. The quantitative estimate of drug-likeness (QED) is 0.372. The summed E-state index contributed by atoms with van der Waals surface area (Å²) in [6.45, 7) is -0.529. The van der Waals surface area contributed by atoms with Crippen molar-refractivity contribution in [3.63, 3.8) is 0 Å². The van der Waals surface area contributed by atoms with Gasteiger partial charge < -0.3 is 9.90 Å². The van der Waals surface area contributed by atoms with Gasteiger partial charge in [0.25, 0.3) is 0 Å². The second-order valence-corrected chi connectivity index (χ2v) is 1.07. The van der Waals surface area contributed by atoms with Gasteiger partial charge in [0.1, 0.15) is 12.9 Å². The number of hydrogen-bond acceptors (Lipinski definition) is 3. The average Bonchev–Trinajstić information content (AvgIpc) is 1.68. The number of ketones is 1. The highest BCUT2D eigenvalue weighted by Crippen LogP contribution is 1.71. The van der Waals surface area contributed by atoms with Crippen LogP contribution >= 0.6 is 0 Å². The van der Waals surface area contributed by atoms with Crippen LogP contribution in [-0.4, -0.2) is 23.8 Å². The summed E-state index contributed by atoms with van der Waals surface area (Å²) in [6.07, 6.45) is 0.301. The summed E-state index contributed by atoms with van der Waals surface area (Å²) in [6, 6.07) is 0. The Morgan fingerprint density at radius 1 is 1.71 bits per heavy atom. The largest absolute Gasteiger partial charge is 0.389 e. The van der Waals surface area contributed by atoms with Crippen molar-refractivity contribution in [1.82, 2.24) is 0 Å². The van der Waals surface area contributed by atoms with Crippen LogP contribution in [0.15, 0.2) is 0 Å². The van der Waals surface area contributed by atoms with Crippen LogP contribution in [-0.2, 0) is 9.59 Å². The smallest absolute Gasteiger partial charge is 0.165 e. The van der Waals surface area contributed by atoms with Crippen molar-refractivity contribution in [2.24, 2.45) is 0 Å². The fourth-order valence-electron chi connectivity index (χ4n) is 0.157. The zero-order valence-corrected chi connectivity index (χ0v) is 3.76. The van der Waals surface area contributed by atoms with Gasteiger partial charge in [-0.1, -0.05) is 0 Å². The van der Waals surface area contributed by atoms with Crippen LogP contribution in [0.3, 0.4) is 0 Å². The Bertz CT molecular complexity index is 77.0. The van der Waals surface area contributed by atoms with E-state index < -0.39 is 12.4 Å². The van der Waals surface area contributed by atoms with Crippen LogP contribution in [0.5, 0.6) is 0 Å². The first-order valence-electron chi connectivity index (χ1n) is 1.87. The maximum Gasteiger partial charge on any atom is 0.165 e. The fourth-order valence-corrected chi connectivity index (χ4v) is 0.157. The van der Waals surface area contributed by atoms with E-state index in [9.17, 15) is 9.59 Å². The van der Waals surface area contributed by atoms with Gasteiger partial charge in [-0.2, -0.15) is 0 Å². The lowest BCUT2D eigenvalue weighted by molar-refractivity contribution is -0.124. The molecule has 0 aliphatic rings. The fraction of sp³-hybridized carbons (Fsp3) is 0.500. The summed E-state index contributed by atoms with van der Waals surface area (Å²) in [5.74, 6) is -0.435. The molecule has 0 rings (SSSR count). The number of carbonyl (C=O) groups excluding carboxylic acids is 2. The minimum absolute atomic E-state index is 0.170. The van der Waals surface area contributed by atoms with Gasteiger partial charge in [0.2, 0.25) is 0 Å². The van der Waals surface area contributed by atoms with E-state index >= 15 is 0 Å². The standard InChI is InChI=1S/C4H6O3/c5-2-1-4(7)3-6/h2,6H,1,3H2. The molecule has 3 nitrogen and oxygen atoms in total. The first kappa shape index (κ1) is 6.30. The molecular weight excluding hydrogens is 96.0 g/mol. The van der Waals surface area contributed by atoms with E-state index in [1.807, 2.05) is 0 Å². The summed E-state index contributed by atoms with van der Waals surface area (Å²) in [5, 5.41) is 7.96. The molecule has 0 spiro atoms. The van der Waals surface area contributed by atoms with E-state index in [-0.39, 0.29) is 6.42 Å². The van der Waals surface area contributed by atoms with Gasteiger partial charge in [-0.05, 0) is 0 Å². The zero-order valence-electron chi connectivity index (χ0n) is 3.76. The van der Waals surface area contributed by atoms with Crippen molar-refractivity contribution >= 4 is 12.1 Å². The Kier molecular flexibility index (Phi) is 3.14. The first-order valence-corrected chi connectivity index (χ1v) is 1.87. The number of aliphatic hydroxyl groups excluding tert-OH is 1. The summed E-state index contributed by atoms with van der Waals surface area (Å²) >= 11 is 0. The lowest BCUT2D eigenvalue weighted by atomic mass is 10.3.